The maximum absolute atomic E-state index is 4.99. The van der Waals surface area contributed by atoms with E-state index in [2.05, 4.69) is 10.4 Å². The molecule has 0 atom stereocenters. The van der Waals surface area contributed by atoms with E-state index < -0.39 is 11.9 Å². The Morgan fingerprint density at radius 1 is 0.923 bits per heavy atom. The van der Waals surface area contributed by atoms with Crippen LogP contribution in [-0.4, -0.2) is 40.3 Å². The lowest BCUT2D eigenvalue weighted by atomic mass is 10.4. The Balaban J connectivity index is 2.98. The van der Waals surface area contributed by atoms with Crippen LogP contribution in [0.1, 0.15) is 0 Å². The van der Waals surface area contributed by atoms with Gasteiger partial charge in [0.1, 0.15) is 0 Å². The minimum absolute atomic E-state index is 1.37. The van der Waals surface area contributed by atoms with Gasteiger partial charge in [-0.15, -0.1) is 0 Å². The van der Waals surface area contributed by atoms with Gasteiger partial charge in [-0.2, -0.15) is 0 Å². The first-order valence-corrected chi connectivity index (χ1v) is 3.51. The molecule has 0 aromatic rings. The van der Waals surface area contributed by atoms with Crippen molar-refractivity contribution in [2.24, 2.45) is 10.4 Å². The summed E-state index contributed by atoms with van der Waals surface area (Å²) in [4.78, 5) is 4.80. The predicted molar refractivity (Wildman–Crippen MR) is 39.4 cm³/mol. The average Bonchev–Trinajstić information content (AvgIpc) is 2.57. The van der Waals surface area contributed by atoms with Crippen molar-refractivity contribution in [1.29, 1.82) is 0 Å². The molecular formula is C6H12N2O5. The third kappa shape index (κ3) is 1.20. The van der Waals surface area contributed by atoms with Crippen LogP contribution in [-0.2, 0) is 23.8 Å². The first-order chi connectivity index (χ1) is 6.20. The Bertz CT molecular complexity index is 199. The summed E-state index contributed by atoms with van der Waals surface area (Å²) in [7, 11) is 5.49. The second-order valence-corrected chi connectivity index (χ2v) is 2.23. The summed E-state index contributed by atoms with van der Waals surface area (Å²) in [6.45, 7) is 0. The maximum atomic E-state index is 4.99. The van der Waals surface area contributed by atoms with Crippen LogP contribution in [0.15, 0.2) is 10.4 Å². The minimum atomic E-state index is -1.59. The molecule has 0 aromatic carbocycles. The standard InChI is InChI=1S/C6H12N2O5/c1-9-5(10-2)6(11-3,12-4)13-8-7-5/h1-4H3. The van der Waals surface area contributed by atoms with Gasteiger partial charge in [0.25, 0.3) is 0 Å². The van der Waals surface area contributed by atoms with Crippen molar-refractivity contribution in [2.75, 3.05) is 28.4 Å². The number of methoxy groups -OCH3 is 4. The minimum Gasteiger partial charge on any atom is -0.326 e. The lowest BCUT2D eigenvalue weighted by Crippen LogP contribution is -2.56. The molecule has 0 saturated heterocycles. The van der Waals surface area contributed by atoms with Gasteiger partial charge in [0, 0.05) is 33.7 Å². The van der Waals surface area contributed by atoms with E-state index in [0.29, 0.717) is 0 Å². The van der Waals surface area contributed by atoms with Crippen LogP contribution in [0.2, 0.25) is 0 Å². The highest BCUT2D eigenvalue weighted by Gasteiger charge is 2.64. The zero-order valence-corrected chi connectivity index (χ0v) is 7.94. The summed E-state index contributed by atoms with van der Waals surface area (Å²) in [5.74, 6) is -3.10. The van der Waals surface area contributed by atoms with Crippen molar-refractivity contribution in [1.82, 2.24) is 0 Å². The van der Waals surface area contributed by atoms with E-state index in [4.69, 9.17) is 23.8 Å². The molecule has 0 N–H and O–H groups in total. The molecule has 0 radical (unpaired) electrons. The molecule has 1 aliphatic heterocycles. The van der Waals surface area contributed by atoms with Crippen LogP contribution in [0.5, 0.6) is 0 Å². The SMILES string of the molecule is COC1(OC)N=NOC1(OC)OC. The topological polar surface area (TPSA) is 70.9 Å². The lowest BCUT2D eigenvalue weighted by molar-refractivity contribution is -0.457. The summed E-state index contributed by atoms with van der Waals surface area (Å²) in [6.07, 6.45) is 0. The van der Waals surface area contributed by atoms with Gasteiger partial charge >= 0.3 is 11.9 Å². The Morgan fingerprint density at radius 3 is 1.77 bits per heavy atom. The summed E-state index contributed by atoms with van der Waals surface area (Å²) in [5, 5.41) is 6.91. The van der Waals surface area contributed by atoms with E-state index in [1.807, 2.05) is 0 Å². The molecule has 0 aliphatic carbocycles. The quantitative estimate of drug-likeness (QED) is 0.598. The fourth-order valence-corrected chi connectivity index (χ4v) is 1.08. The number of nitrogens with zero attached hydrogens (tertiary/aromatic N) is 2. The molecule has 0 aromatic heterocycles. The Labute approximate surface area is 75.5 Å². The largest absolute Gasteiger partial charge is 0.432 e. The van der Waals surface area contributed by atoms with E-state index >= 15 is 0 Å². The summed E-state index contributed by atoms with van der Waals surface area (Å²) in [6, 6.07) is 0. The second kappa shape index (κ2) is 3.54. The van der Waals surface area contributed by atoms with Gasteiger partial charge in [-0.05, 0) is 0 Å². The highest BCUT2D eigenvalue weighted by atomic mass is 17.0. The van der Waals surface area contributed by atoms with Gasteiger partial charge < -0.3 is 23.8 Å². The molecule has 0 unspecified atom stereocenters. The monoisotopic (exact) mass is 192 g/mol. The predicted octanol–water partition coefficient (Wildman–Crippen LogP) is 0.277. The zero-order chi connectivity index (χ0) is 9.95. The van der Waals surface area contributed by atoms with Crippen LogP contribution in [0.25, 0.3) is 0 Å². The van der Waals surface area contributed by atoms with Gasteiger partial charge in [0.05, 0.1) is 0 Å². The molecule has 7 nitrogen and oxygen atoms in total. The summed E-state index contributed by atoms with van der Waals surface area (Å²) >= 11 is 0. The first kappa shape index (κ1) is 10.3. The molecule has 1 heterocycles. The van der Waals surface area contributed by atoms with Gasteiger partial charge in [-0.1, -0.05) is 5.11 Å². The molecule has 1 rings (SSSR count). The second-order valence-electron chi connectivity index (χ2n) is 2.23. The van der Waals surface area contributed by atoms with Crippen LogP contribution in [0.4, 0.5) is 0 Å². The number of ether oxygens (including phenoxy) is 4. The van der Waals surface area contributed by atoms with Crippen molar-refractivity contribution in [3.8, 4) is 0 Å². The van der Waals surface area contributed by atoms with Crippen molar-refractivity contribution >= 4 is 0 Å². The van der Waals surface area contributed by atoms with Gasteiger partial charge in [-0.3, -0.25) is 0 Å². The fourth-order valence-electron chi connectivity index (χ4n) is 1.08. The highest BCUT2D eigenvalue weighted by Crippen LogP contribution is 2.38. The average molecular weight is 192 g/mol. The molecule has 0 bridgehead atoms. The molecule has 1 aliphatic rings. The third-order valence-electron chi connectivity index (χ3n) is 1.81. The molecule has 0 spiro atoms. The Hall–Kier alpha value is -0.760. The first-order valence-electron chi connectivity index (χ1n) is 3.51. The van der Waals surface area contributed by atoms with E-state index in [0.717, 1.165) is 0 Å². The van der Waals surface area contributed by atoms with Crippen LogP contribution < -0.4 is 0 Å². The van der Waals surface area contributed by atoms with E-state index in [9.17, 15) is 0 Å². The smallest absolute Gasteiger partial charge is 0.326 e. The third-order valence-corrected chi connectivity index (χ3v) is 1.81. The molecular weight excluding hydrogens is 180 g/mol. The van der Waals surface area contributed by atoms with Gasteiger partial charge in [-0.25, -0.2) is 0 Å². The Morgan fingerprint density at radius 2 is 1.46 bits per heavy atom. The molecule has 7 heteroatoms. The van der Waals surface area contributed by atoms with Crippen LogP contribution in [0, 0.1) is 0 Å². The van der Waals surface area contributed by atoms with Gasteiger partial charge in [0.2, 0.25) is 0 Å². The normalized spacial score (nSPS) is 23.1. The zero-order valence-electron chi connectivity index (χ0n) is 7.94. The summed E-state index contributed by atoms with van der Waals surface area (Å²) < 4.78 is 19.9. The summed E-state index contributed by atoms with van der Waals surface area (Å²) in [5.41, 5.74) is 0. The Kier molecular flexibility index (Phi) is 2.81. The maximum Gasteiger partial charge on any atom is 0.432 e. The van der Waals surface area contributed by atoms with Crippen molar-refractivity contribution in [3.05, 3.63) is 0 Å². The van der Waals surface area contributed by atoms with Crippen LogP contribution in [0.3, 0.4) is 0 Å². The van der Waals surface area contributed by atoms with Crippen molar-refractivity contribution < 1.29 is 23.8 Å². The number of hydrogen-bond donors (Lipinski definition) is 0. The molecule has 13 heavy (non-hydrogen) atoms. The lowest BCUT2D eigenvalue weighted by Gasteiger charge is -2.33. The molecule has 0 saturated carbocycles. The number of hydrogen-bond acceptors (Lipinski definition) is 7. The molecule has 0 amide bonds. The highest BCUT2D eigenvalue weighted by molar-refractivity contribution is 4.79. The fraction of sp³-hybridized carbons (Fsp3) is 1.00. The van der Waals surface area contributed by atoms with Crippen molar-refractivity contribution in [3.63, 3.8) is 0 Å². The van der Waals surface area contributed by atoms with Gasteiger partial charge in [0.15, 0.2) is 0 Å². The van der Waals surface area contributed by atoms with E-state index in [-0.39, 0.29) is 0 Å². The molecule has 76 valence electrons. The number of rotatable bonds is 4. The van der Waals surface area contributed by atoms with E-state index in [1.54, 1.807) is 0 Å². The van der Waals surface area contributed by atoms with Crippen molar-refractivity contribution in [2.45, 2.75) is 11.9 Å². The molecule has 0 fully saturated rings. The van der Waals surface area contributed by atoms with Crippen LogP contribution >= 0.6 is 0 Å². The van der Waals surface area contributed by atoms with E-state index in [1.165, 1.54) is 28.4 Å².